The topological polar surface area (TPSA) is 43.1 Å². The van der Waals surface area contributed by atoms with E-state index in [1.807, 2.05) is 13.8 Å². The van der Waals surface area contributed by atoms with Crippen LogP contribution in [0.2, 0.25) is 10.0 Å². The van der Waals surface area contributed by atoms with Gasteiger partial charge in [-0.2, -0.15) is 0 Å². The van der Waals surface area contributed by atoms with Gasteiger partial charge >= 0.3 is 0 Å². The van der Waals surface area contributed by atoms with Gasteiger partial charge in [-0.1, -0.05) is 37.0 Å². The van der Waals surface area contributed by atoms with Gasteiger partial charge < -0.3 is 5.73 Å². The molecule has 0 aromatic heterocycles. The van der Waals surface area contributed by atoms with Crippen molar-refractivity contribution in [2.24, 2.45) is 11.1 Å². The SMILES string of the molecule is CCC(C)(CN)C(=O)c1cc(Cl)ccc1Cl. The monoisotopic (exact) mass is 259 g/mol. The minimum absolute atomic E-state index is 0.0509. The van der Waals surface area contributed by atoms with E-state index in [2.05, 4.69) is 0 Å². The fraction of sp³-hybridized carbons (Fsp3) is 0.417. The molecule has 88 valence electrons. The number of benzene rings is 1. The fourth-order valence-corrected chi connectivity index (χ4v) is 1.77. The van der Waals surface area contributed by atoms with Crippen LogP contribution in [0.15, 0.2) is 18.2 Å². The number of hydrogen-bond donors (Lipinski definition) is 1. The zero-order chi connectivity index (χ0) is 12.3. The lowest BCUT2D eigenvalue weighted by Gasteiger charge is -2.25. The summed E-state index contributed by atoms with van der Waals surface area (Å²) >= 11 is 11.8. The van der Waals surface area contributed by atoms with E-state index in [1.165, 1.54) is 0 Å². The lowest BCUT2D eigenvalue weighted by Crippen LogP contribution is -2.35. The Morgan fingerprint density at radius 3 is 2.56 bits per heavy atom. The number of hydrogen-bond acceptors (Lipinski definition) is 2. The molecule has 0 heterocycles. The molecule has 0 amide bonds. The maximum atomic E-state index is 12.3. The van der Waals surface area contributed by atoms with Gasteiger partial charge in [0.25, 0.3) is 0 Å². The largest absolute Gasteiger partial charge is 0.329 e. The van der Waals surface area contributed by atoms with Gasteiger partial charge in [-0.05, 0) is 24.6 Å². The van der Waals surface area contributed by atoms with Gasteiger partial charge in [-0.3, -0.25) is 4.79 Å². The van der Waals surface area contributed by atoms with E-state index in [1.54, 1.807) is 18.2 Å². The molecule has 0 saturated heterocycles. The molecule has 0 radical (unpaired) electrons. The lowest BCUT2D eigenvalue weighted by molar-refractivity contribution is 0.0820. The zero-order valence-electron chi connectivity index (χ0n) is 9.39. The maximum Gasteiger partial charge on any atom is 0.171 e. The molecule has 16 heavy (non-hydrogen) atoms. The van der Waals surface area contributed by atoms with Crippen LogP contribution in [-0.4, -0.2) is 12.3 Å². The molecule has 2 N–H and O–H groups in total. The van der Waals surface area contributed by atoms with Crippen LogP contribution in [0.1, 0.15) is 30.6 Å². The number of rotatable bonds is 4. The maximum absolute atomic E-state index is 12.3. The van der Waals surface area contributed by atoms with E-state index < -0.39 is 5.41 Å². The summed E-state index contributed by atoms with van der Waals surface area (Å²) in [6.45, 7) is 4.07. The van der Waals surface area contributed by atoms with Crippen molar-refractivity contribution in [1.82, 2.24) is 0 Å². The Hall–Kier alpha value is -0.570. The lowest BCUT2D eigenvalue weighted by atomic mass is 9.80. The molecular weight excluding hydrogens is 245 g/mol. The third kappa shape index (κ3) is 2.57. The van der Waals surface area contributed by atoms with Crippen molar-refractivity contribution >= 4 is 29.0 Å². The number of carbonyl (C=O) groups is 1. The molecule has 0 spiro atoms. The minimum Gasteiger partial charge on any atom is -0.329 e. The second-order valence-corrected chi connectivity index (χ2v) is 4.92. The molecule has 0 saturated carbocycles. The number of carbonyl (C=O) groups excluding carboxylic acids is 1. The van der Waals surface area contributed by atoms with E-state index in [9.17, 15) is 4.79 Å². The Morgan fingerprint density at radius 2 is 2.06 bits per heavy atom. The highest BCUT2D eigenvalue weighted by Gasteiger charge is 2.31. The summed E-state index contributed by atoms with van der Waals surface area (Å²) < 4.78 is 0. The number of halogens is 2. The molecule has 0 aliphatic heterocycles. The molecule has 4 heteroatoms. The van der Waals surface area contributed by atoms with Gasteiger partial charge in [-0.25, -0.2) is 0 Å². The summed E-state index contributed by atoms with van der Waals surface area (Å²) in [5.41, 5.74) is 5.52. The Kier molecular flexibility index (Phi) is 4.36. The van der Waals surface area contributed by atoms with Crippen molar-refractivity contribution in [3.63, 3.8) is 0 Å². The molecule has 1 aromatic carbocycles. The van der Waals surface area contributed by atoms with Crippen LogP contribution in [0.3, 0.4) is 0 Å². The Morgan fingerprint density at radius 1 is 1.44 bits per heavy atom. The third-order valence-corrected chi connectivity index (χ3v) is 3.52. The fourth-order valence-electron chi connectivity index (χ4n) is 1.39. The summed E-state index contributed by atoms with van der Waals surface area (Å²) in [6.07, 6.45) is 0.672. The van der Waals surface area contributed by atoms with Gasteiger partial charge in [0.1, 0.15) is 0 Å². The van der Waals surface area contributed by atoms with Crippen LogP contribution in [0.4, 0.5) is 0 Å². The summed E-state index contributed by atoms with van der Waals surface area (Å²) in [7, 11) is 0. The first-order valence-electron chi connectivity index (χ1n) is 5.14. The Balaban J connectivity index is 3.18. The van der Waals surface area contributed by atoms with Gasteiger partial charge in [0.05, 0.1) is 5.02 Å². The van der Waals surface area contributed by atoms with Crippen molar-refractivity contribution in [2.45, 2.75) is 20.3 Å². The van der Waals surface area contributed by atoms with Crippen molar-refractivity contribution in [1.29, 1.82) is 0 Å². The first-order valence-corrected chi connectivity index (χ1v) is 5.90. The predicted molar refractivity (Wildman–Crippen MR) is 68.2 cm³/mol. The Labute approximate surface area is 106 Å². The summed E-state index contributed by atoms with van der Waals surface area (Å²) in [5.74, 6) is -0.0509. The van der Waals surface area contributed by atoms with Gasteiger partial charge in [0.15, 0.2) is 5.78 Å². The average Bonchev–Trinajstić information content (AvgIpc) is 2.30. The molecule has 1 atom stereocenters. The molecular formula is C12H15Cl2NO. The van der Waals surface area contributed by atoms with Crippen LogP contribution in [-0.2, 0) is 0 Å². The van der Waals surface area contributed by atoms with Crippen LogP contribution in [0.25, 0.3) is 0 Å². The first-order chi connectivity index (χ1) is 7.44. The van der Waals surface area contributed by atoms with Gasteiger partial charge in [-0.15, -0.1) is 0 Å². The molecule has 1 unspecified atom stereocenters. The molecule has 0 aliphatic carbocycles. The smallest absolute Gasteiger partial charge is 0.171 e. The van der Waals surface area contributed by atoms with Gasteiger partial charge in [0.2, 0.25) is 0 Å². The molecule has 1 rings (SSSR count). The van der Waals surface area contributed by atoms with Crippen LogP contribution in [0.5, 0.6) is 0 Å². The summed E-state index contributed by atoms with van der Waals surface area (Å²) in [6, 6.07) is 4.88. The molecule has 0 bridgehead atoms. The number of Topliss-reactive ketones (excluding diaryl/α,β-unsaturated/α-hetero) is 1. The highest BCUT2D eigenvalue weighted by Crippen LogP contribution is 2.30. The Bertz CT molecular complexity index is 400. The quantitative estimate of drug-likeness (QED) is 0.841. The van der Waals surface area contributed by atoms with Crippen LogP contribution < -0.4 is 5.73 Å². The van der Waals surface area contributed by atoms with Crippen LogP contribution in [0, 0.1) is 5.41 Å². The molecule has 0 aliphatic rings. The number of nitrogens with two attached hydrogens (primary N) is 1. The van der Waals surface area contributed by atoms with E-state index >= 15 is 0 Å². The van der Waals surface area contributed by atoms with Crippen molar-refractivity contribution < 1.29 is 4.79 Å². The van der Waals surface area contributed by atoms with E-state index in [0.717, 1.165) is 0 Å². The second-order valence-electron chi connectivity index (χ2n) is 4.07. The van der Waals surface area contributed by atoms with E-state index in [0.29, 0.717) is 28.6 Å². The highest BCUT2D eigenvalue weighted by atomic mass is 35.5. The summed E-state index contributed by atoms with van der Waals surface area (Å²) in [4.78, 5) is 12.3. The van der Waals surface area contributed by atoms with Crippen molar-refractivity contribution in [3.05, 3.63) is 33.8 Å². The van der Waals surface area contributed by atoms with Crippen molar-refractivity contribution in [2.75, 3.05) is 6.54 Å². The van der Waals surface area contributed by atoms with Crippen LogP contribution >= 0.6 is 23.2 Å². The molecule has 1 aromatic rings. The third-order valence-electron chi connectivity index (χ3n) is 2.95. The number of ketones is 1. The van der Waals surface area contributed by atoms with Crippen molar-refractivity contribution in [3.8, 4) is 0 Å². The molecule has 2 nitrogen and oxygen atoms in total. The van der Waals surface area contributed by atoms with E-state index in [4.69, 9.17) is 28.9 Å². The minimum atomic E-state index is -0.575. The summed E-state index contributed by atoms with van der Waals surface area (Å²) in [5, 5.41) is 0.922. The average molecular weight is 260 g/mol. The zero-order valence-corrected chi connectivity index (χ0v) is 10.9. The second kappa shape index (κ2) is 5.17. The molecule has 0 fully saturated rings. The normalized spacial score (nSPS) is 14.6. The standard InChI is InChI=1S/C12H15Cl2NO/c1-3-12(2,7-15)11(16)9-6-8(13)4-5-10(9)14/h4-6H,3,7,15H2,1-2H3. The van der Waals surface area contributed by atoms with Gasteiger partial charge in [0, 0.05) is 22.5 Å². The van der Waals surface area contributed by atoms with E-state index in [-0.39, 0.29) is 5.78 Å². The predicted octanol–water partition coefficient (Wildman–Crippen LogP) is 3.55. The first kappa shape index (κ1) is 13.5. The highest BCUT2D eigenvalue weighted by molar-refractivity contribution is 6.36.